The van der Waals surface area contributed by atoms with Crippen molar-refractivity contribution in [3.8, 4) is 5.75 Å². The number of hydrogen-bond donors (Lipinski definition) is 5. The second kappa shape index (κ2) is 5.90. The summed E-state index contributed by atoms with van der Waals surface area (Å²) in [6.45, 7) is 0. The topological polar surface area (TPSA) is 176 Å². The Morgan fingerprint density at radius 3 is 2.18 bits per heavy atom. The van der Waals surface area contributed by atoms with Gasteiger partial charge in [0.2, 0.25) is 0 Å². The van der Waals surface area contributed by atoms with Gasteiger partial charge in [0.05, 0.1) is 0 Å². The maximum absolute atomic E-state index is 11.7. The second-order valence-corrected chi connectivity index (χ2v) is 8.23. The summed E-state index contributed by atoms with van der Waals surface area (Å²) >= 11 is 0. The van der Waals surface area contributed by atoms with Gasteiger partial charge in [0.15, 0.2) is 5.75 Å². The van der Waals surface area contributed by atoms with E-state index in [1.807, 2.05) is 0 Å². The summed E-state index contributed by atoms with van der Waals surface area (Å²) in [5, 5.41) is 0.379. The van der Waals surface area contributed by atoms with Crippen LogP contribution in [-0.2, 0) is 22.3 Å². The van der Waals surface area contributed by atoms with E-state index in [2.05, 4.69) is 18.1 Å². The Bertz CT molecular complexity index is 824. The molecule has 2 unspecified atom stereocenters. The molecule has 2 rings (SSSR count). The minimum Gasteiger partial charge on any atom is -0.402 e. The Morgan fingerprint density at radius 2 is 1.55 bits per heavy atom. The third kappa shape index (κ3) is 4.76. The van der Waals surface area contributed by atoms with Crippen LogP contribution in [0.1, 0.15) is 0 Å². The zero-order chi connectivity index (χ0) is 16.6. The molecule has 1 aromatic carbocycles. The van der Waals surface area contributed by atoms with E-state index in [0.29, 0.717) is 10.9 Å². The van der Waals surface area contributed by atoms with Crippen molar-refractivity contribution in [1.29, 1.82) is 0 Å². The highest BCUT2D eigenvalue weighted by molar-refractivity contribution is 7.66. The van der Waals surface area contributed by atoms with Crippen molar-refractivity contribution in [2.75, 3.05) is 0 Å². The number of aromatic amines is 1. The number of nitrogens with one attached hydrogen (secondary N) is 1. The molecule has 0 aliphatic carbocycles. The summed E-state index contributed by atoms with van der Waals surface area (Å²) in [6, 6.07) is 6.47. The fourth-order valence-corrected chi connectivity index (χ4v) is 4.58. The zero-order valence-corrected chi connectivity index (χ0v) is 13.2. The van der Waals surface area contributed by atoms with Crippen LogP contribution in [0.3, 0.4) is 0 Å². The quantitative estimate of drug-likeness (QED) is 0.470. The maximum Gasteiger partial charge on any atom is 0.536 e. The lowest BCUT2D eigenvalue weighted by Crippen LogP contribution is -1.98. The molecule has 22 heavy (non-hydrogen) atoms. The van der Waals surface area contributed by atoms with E-state index >= 15 is 0 Å². The lowest BCUT2D eigenvalue weighted by atomic mass is 10.2. The van der Waals surface area contributed by atoms with Crippen LogP contribution < -0.4 is 4.52 Å². The summed E-state index contributed by atoms with van der Waals surface area (Å²) < 4.78 is 45.2. The van der Waals surface area contributed by atoms with Crippen LogP contribution in [0, 0.1) is 0 Å². The molecule has 2 aromatic rings. The second-order valence-electron chi connectivity index (χ2n) is 3.88. The van der Waals surface area contributed by atoms with E-state index in [-0.39, 0.29) is 5.75 Å². The molecular weight excluding hydrogens is 363 g/mol. The van der Waals surface area contributed by atoms with Gasteiger partial charge in [-0.15, -0.1) is 0 Å². The maximum atomic E-state index is 11.7. The number of fused-ring (bicyclic) bond motifs is 1. The monoisotopic (exact) mass is 373 g/mol. The number of aromatic nitrogens is 1. The van der Waals surface area contributed by atoms with Gasteiger partial charge in [0, 0.05) is 17.1 Å². The average Bonchev–Trinajstić information content (AvgIpc) is 2.67. The summed E-state index contributed by atoms with van der Waals surface area (Å²) in [4.78, 5) is 38.0. The zero-order valence-electron chi connectivity index (χ0n) is 10.5. The summed E-state index contributed by atoms with van der Waals surface area (Å²) in [5.41, 5.74) is 0.552. The van der Waals surface area contributed by atoms with Crippen molar-refractivity contribution in [2.24, 2.45) is 0 Å². The Balaban J connectivity index is 2.19. The van der Waals surface area contributed by atoms with Gasteiger partial charge < -0.3 is 24.2 Å². The molecule has 0 aliphatic rings. The van der Waals surface area contributed by atoms with Crippen molar-refractivity contribution in [3.05, 3.63) is 30.5 Å². The minimum absolute atomic E-state index is 0.169. The number of H-pyrrole nitrogens is 1. The first kappa shape index (κ1) is 17.4. The van der Waals surface area contributed by atoms with E-state index in [1.54, 1.807) is 18.2 Å². The molecule has 0 amide bonds. The van der Waals surface area contributed by atoms with E-state index in [9.17, 15) is 18.6 Å². The smallest absolute Gasteiger partial charge is 0.402 e. The Labute approximate surface area is 122 Å². The lowest BCUT2D eigenvalue weighted by Gasteiger charge is -2.16. The first-order chi connectivity index (χ1) is 9.98. The molecule has 1 aromatic heterocycles. The lowest BCUT2D eigenvalue weighted by molar-refractivity contribution is 0.207. The van der Waals surface area contributed by atoms with Gasteiger partial charge >= 0.3 is 23.5 Å². The molecule has 0 aliphatic heterocycles. The fourth-order valence-electron chi connectivity index (χ4n) is 1.54. The molecule has 0 saturated carbocycles. The number of hydrogen-bond acceptors (Lipinski definition) is 6. The standard InChI is InChI=1S/C8H10NO10P3/c10-20(11,12)18-22(15,16)19-21(13,14)17-8-5-9-7-4-2-1-3-6(7)8/h1-5,9H,(H,13,14)(H,15,16)(H2,10,11,12). The summed E-state index contributed by atoms with van der Waals surface area (Å²) in [6.07, 6.45) is 1.20. The van der Waals surface area contributed by atoms with Crippen LogP contribution in [0.5, 0.6) is 5.75 Å². The van der Waals surface area contributed by atoms with Crippen LogP contribution >= 0.6 is 23.5 Å². The number of phosphoric ester groups is 1. The average molecular weight is 373 g/mol. The van der Waals surface area contributed by atoms with Gasteiger partial charge in [-0.3, -0.25) is 4.89 Å². The van der Waals surface area contributed by atoms with Crippen LogP contribution in [0.4, 0.5) is 0 Å². The van der Waals surface area contributed by atoms with Crippen LogP contribution in [0.2, 0.25) is 0 Å². The third-order valence-corrected chi connectivity index (χ3v) is 5.94. The summed E-state index contributed by atoms with van der Waals surface area (Å²) in [5.74, 6) is -0.169. The Hall–Kier alpha value is -0.990. The predicted octanol–water partition coefficient (Wildman–Crippen LogP) is 1.87. The number of para-hydroxylation sites is 1. The van der Waals surface area contributed by atoms with Gasteiger partial charge in [-0.25, -0.2) is 13.7 Å². The van der Waals surface area contributed by atoms with E-state index in [0.717, 1.165) is 0 Å². The van der Waals surface area contributed by atoms with E-state index < -0.39 is 23.5 Å². The Morgan fingerprint density at radius 1 is 0.909 bits per heavy atom. The van der Waals surface area contributed by atoms with Crippen LogP contribution in [0.25, 0.3) is 10.9 Å². The molecule has 0 saturated heterocycles. The predicted molar refractivity (Wildman–Crippen MR) is 72.8 cm³/mol. The highest BCUT2D eigenvalue weighted by Crippen LogP contribution is 2.66. The first-order valence-corrected chi connectivity index (χ1v) is 9.89. The molecule has 1 heterocycles. The Kier molecular flexibility index (Phi) is 4.66. The number of phosphoric acid groups is 3. The third-order valence-electron chi connectivity index (χ3n) is 2.18. The molecule has 14 heteroatoms. The van der Waals surface area contributed by atoms with E-state index in [4.69, 9.17) is 14.7 Å². The highest BCUT2D eigenvalue weighted by atomic mass is 31.3. The number of benzene rings is 1. The van der Waals surface area contributed by atoms with Crippen molar-refractivity contribution in [2.45, 2.75) is 0 Å². The minimum atomic E-state index is -5.53. The molecule has 122 valence electrons. The molecular formula is C8H10NO10P3. The largest absolute Gasteiger partial charge is 0.536 e. The van der Waals surface area contributed by atoms with E-state index in [1.165, 1.54) is 12.3 Å². The van der Waals surface area contributed by atoms with Crippen LogP contribution in [-0.4, -0.2) is 24.6 Å². The van der Waals surface area contributed by atoms with Crippen molar-refractivity contribution < 1.29 is 46.4 Å². The van der Waals surface area contributed by atoms with Crippen LogP contribution in [0.15, 0.2) is 30.5 Å². The fraction of sp³-hybridized carbons (Fsp3) is 0. The van der Waals surface area contributed by atoms with Crippen molar-refractivity contribution in [1.82, 2.24) is 4.98 Å². The molecule has 0 fully saturated rings. The van der Waals surface area contributed by atoms with Crippen molar-refractivity contribution in [3.63, 3.8) is 0 Å². The van der Waals surface area contributed by atoms with Gasteiger partial charge in [-0.1, -0.05) is 12.1 Å². The summed E-state index contributed by atoms with van der Waals surface area (Å²) in [7, 11) is -16.1. The molecule has 5 N–H and O–H groups in total. The van der Waals surface area contributed by atoms with Gasteiger partial charge in [0.25, 0.3) is 0 Å². The van der Waals surface area contributed by atoms with Gasteiger partial charge in [0.1, 0.15) is 0 Å². The first-order valence-electron chi connectivity index (χ1n) is 5.37. The van der Waals surface area contributed by atoms with Crippen molar-refractivity contribution >= 4 is 34.4 Å². The molecule has 2 atom stereocenters. The molecule has 11 nitrogen and oxygen atoms in total. The normalized spacial score (nSPS) is 17.8. The molecule has 0 radical (unpaired) electrons. The van der Waals surface area contributed by atoms with Gasteiger partial charge in [-0.05, 0) is 12.1 Å². The number of rotatable bonds is 6. The van der Waals surface area contributed by atoms with Gasteiger partial charge in [-0.2, -0.15) is 8.62 Å². The highest BCUT2D eigenvalue weighted by Gasteiger charge is 2.41. The SMILES string of the molecule is O=P(O)(O)OP(=O)(O)OP(=O)(O)Oc1c[nH]c2ccccc12. The molecule has 0 bridgehead atoms. The molecule has 0 spiro atoms.